The number of amides is 1. The molecule has 6 N–H and O–H groups in total. The van der Waals surface area contributed by atoms with E-state index >= 15 is 0 Å². The fourth-order valence-corrected chi connectivity index (χ4v) is 4.43. The molecule has 0 radical (unpaired) electrons. The molecule has 8 heteroatoms. The molecule has 2 aromatic rings. The predicted octanol–water partition coefficient (Wildman–Crippen LogP) is 0.534. The number of hydrogen-bond acceptors (Lipinski definition) is 6. The van der Waals surface area contributed by atoms with Crippen LogP contribution in [0.5, 0.6) is 0 Å². The zero-order chi connectivity index (χ0) is 18.3. The van der Waals surface area contributed by atoms with Crippen LogP contribution in [0.3, 0.4) is 0 Å². The maximum atomic E-state index is 11.9. The number of carbonyl (C=O) groups excluding carboxylic acids is 2. The summed E-state index contributed by atoms with van der Waals surface area (Å²) in [4.78, 5) is 31.0. The number of carbonyl (C=O) groups is 2. The molecule has 4 rings (SSSR count). The summed E-state index contributed by atoms with van der Waals surface area (Å²) in [6.07, 6.45) is 6.47. The lowest BCUT2D eigenvalue weighted by Crippen LogP contribution is -2.55. The highest BCUT2D eigenvalue weighted by molar-refractivity contribution is 6.06. The standard InChI is InChI=1S/C18H23N5O3/c19-17(26)14-7-21-18-13(1-2-20-18)16(14)23-12-5-10-3-9(15(25)8-24)4-11(6-12)22-10/h1-2,7,9-12,22,24H,3-6,8H2,(H2,19,26)(H2,20,21,23)/t9?,10-,11+,12?. The van der Waals surface area contributed by atoms with Gasteiger partial charge in [-0.25, -0.2) is 4.98 Å². The average molecular weight is 357 g/mol. The number of Topliss-reactive ketones (excluding diaryl/α,β-unsaturated/α-hetero) is 1. The van der Waals surface area contributed by atoms with Gasteiger partial charge in [-0.15, -0.1) is 0 Å². The van der Waals surface area contributed by atoms with E-state index in [1.165, 1.54) is 6.20 Å². The highest BCUT2D eigenvalue weighted by Crippen LogP contribution is 2.34. The second-order valence-corrected chi connectivity index (χ2v) is 7.32. The van der Waals surface area contributed by atoms with Crippen LogP contribution in [0.15, 0.2) is 18.5 Å². The van der Waals surface area contributed by atoms with Crippen molar-refractivity contribution in [3.8, 4) is 0 Å². The van der Waals surface area contributed by atoms with Crippen LogP contribution in [0.4, 0.5) is 5.69 Å². The van der Waals surface area contributed by atoms with E-state index in [1.807, 2.05) is 6.07 Å². The van der Waals surface area contributed by atoms with E-state index < -0.39 is 5.91 Å². The number of ketones is 1. The van der Waals surface area contributed by atoms with Crippen molar-refractivity contribution in [2.45, 2.75) is 43.8 Å². The van der Waals surface area contributed by atoms with Gasteiger partial charge in [-0.2, -0.15) is 0 Å². The van der Waals surface area contributed by atoms with Crippen LogP contribution in [0, 0.1) is 5.92 Å². The van der Waals surface area contributed by atoms with E-state index in [0.717, 1.165) is 36.8 Å². The maximum Gasteiger partial charge on any atom is 0.252 e. The van der Waals surface area contributed by atoms with Gasteiger partial charge in [0.15, 0.2) is 5.78 Å². The topological polar surface area (TPSA) is 133 Å². The summed E-state index contributed by atoms with van der Waals surface area (Å²) in [5.74, 6) is -0.631. The molecule has 2 aliphatic heterocycles. The third-order valence-electron chi connectivity index (χ3n) is 5.56. The molecule has 0 aromatic carbocycles. The monoisotopic (exact) mass is 357 g/mol. The zero-order valence-corrected chi connectivity index (χ0v) is 14.4. The Hall–Kier alpha value is -2.45. The third-order valence-corrected chi connectivity index (χ3v) is 5.56. The summed E-state index contributed by atoms with van der Waals surface area (Å²) >= 11 is 0. The van der Waals surface area contributed by atoms with Crippen molar-refractivity contribution in [1.29, 1.82) is 0 Å². The number of hydrogen-bond donors (Lipinski definition) is 5. The lowest BCUT2D eigenvalue weighted by molar-refractivity contribution is -0.127. The first-order chi connectivity index (χ1) is 12.5. The van der Waals surface area contributed by atoms with E-state index in [4.69, 9.17) is 10.8 Å². The molecule has 0 spiro atoms. The predicted molar refractivity (Wildman–Crippen MR) is 96.8 cm³/mol. The first kappa shape index (κ1) is 17.0. The van der Waals surface area contributed by atoms with Crippen LogP contribution in [-0.2, 0) is 4.79 Å². The Labute approximate surface area is 150 Å². The minimum atomic E-state index is -0.508. The summed E-state index contributed by atoms with van der Waals surface area (Å²) < 4.78 is 0. The van der Waals surface area contributed by atoms with Gasteiger partial charge in [0.05, 0.1) is 11.3 Å². The summed E-state index contributed by atoms with van der Waals surface area (Å²) in [5.41, 5.74) is 7.35. The molecule has 0 saturated carbocycles. The number of pyridine rings is 1. The molecule has 138 valence electrons. The minimum Gasteiger partial charge on any atom is -0.389 e. The number of anilines is 1. The van der Waals surface area contributed by atoms with E-state index in [9.17, 15) is 9.59 Å². The van der Waals surface area contributed by atoms with Crippen molar-refractivity contribution in [3.05, 3.63) is 24.0 Å². The smallest absolute Gasteiger partial charge is 0.252 e. The van der Waals surface area contributed by atoms with Crippen LogP contribution in [0.2, 0.25) is 0 Å². The Morgan fingerprint density at radius 3 is 2.65 bits per heavy atom. The summed E-state index contributed by atoms with van der Waals surface area (Å²) in [6, 6.07) is 2.51. The summed E-state index contributed by atoms with van der Waals surface area (Å²) in [5, 5.41) is 17.0. The van der Waals surface area contributed by atoms with Gasteiger partial charge < -0.3 is 26.5 Å². The zero-order valence-electron chi connectivity index (χ0n) is 14.4. The van der Waals surface area contributed by atoms with Crippen molar-refractivity contribution in [2.75, 3.05) is 11.9 Å². The molecule has 8 nitrogen and oxygen atoms in total. The first-order valence-electron chi connectivity index (χ1n) is 8.97. The van der Waals surface area contributed by atoms with E-state index in [1.54, 1.807) is 6.20 Å². The molecule has 2 saturated heterocycles. The Kier molecular flexibility index (Phi) is 4.37. The van der Waals surface area contributed by atoms with Gasteiger partial charge in [0, 0.05) is 41.8 Å². The van der Waals surface area contributed by atoms with Crippen molar-refractivity contribution >= 4 is 28.4 Å². The van der Waals surface area contributed by atoms with Crippen LogP contribution >= 0.6 is 0 Å². The maximum absolute atomic E-state index is 11.9. The van der Waals surface area contributed by atoms with Crippen LogP contribution in [0.25, 0.3) is 11.0 Å². The number of primary amides is 1. The molecule has 1 amide bonds. The molecule has 2 unspecified atom stereocenters. The molecule has 2 aliphatic rings. The largest absolute Gasteiger partial charge is 0.389 e. The second-order valence-electron chi connectivity index (χ2n) is 7.32. The highest BCUT2D eigenvalue weighted by Gasteiger charge is 2.38. The fourth-order valence-electron chi connectivity index (χ4n) is 4.43. The molecule has 2 aromatic heterocycles. The number of rotatable bonds is 5. The Bertz CT molecular complexity index is 834. The van der Waals surface area contributed by atoms with E-state index in [2.05, 4.69) is 20.6 Å². The van der Waals surface area contributed by atoms with Gasteiger partial charge in [0.25, 0.3) is 5.91 Å². The molecule has 26 heavy (non-hydrogen) atoms. The number of fused-ring (bicyclic) bond motifs is 3. The molecular weight excluding hydrogens is 334 g/mol. The summed E-state index contributed by atoms with van der Waals surface area (Å²) in [7, 11) is 0. The lowest BCUT2D eigenvalue weighted by atomic mass is 9.76. The van der Waals surface area contributed by atoms with Gasteiger partial charge in [-0.3, -0.25) is 9.59 Å². The lowest BCUT2D eigenvalue weighted by Gasteiger charge is -2.43. The van der Waals surface area contributed by atoms with Crippen LogP contribution in [-0.4, -0.2) is 51.5 Å². The van der Waals surface area contributed by atoms with E-state index in [0.29, 0.717) is 11.2 Å². The third kappa shape index (κ3) is 3.06. The van der Waals surface area contributed by atoms with Gasteiger partial charge in [-0.05, 0) is 31.7 Å². The van der Waals surface area contributed by atoms with Crippen LogP contribution < -0.4 is 16.4 Å². The number of aliphatic hydroxyl groups excluding tert-OH is 1. The number of aliphatic hydroxyl groups is 1. The van der Waals surface area contributed by atoms with Crippen molar-refractivity contribution < 1.29 is 14.7 Å². The molecule has 2 fully saturated rings. The van der Waals surface area contributed by atoms with Crippen molar-refractivity contribution in [3.63, 3.8) is 0 Å². The van der Waals surface area contributed by atoms with Crippen molar-refractivity contribution in [2.24, 2.45) is 11.7 Å². The Balaban J connectivity index is 1.55. The number of aromatic amines is 1. The fraction of sp³-hybridized carbons (Fsp3) is 0.500. The average Bonchev–Trinajstić information content (AvgIpc) is 3.09. The minimum absolute atomic E-state index is 0.0595. The normalized spacial score (nSPS) is 28.0. The number of H-pyrrole nitrogens is 1. The molecule has 0 aliphatic carbocycles. The number of aromatic nitrogens is 2. The molecule has 4 atom stereocenters. The second kappa shape index (κ2) is 6.69. The van der Waals surface area contributed by atoms with Crippen molar-refractivity contribution in [1.82, 2.24) is 15.3 Å². The van der Waals surface area contributed by atoms with E-state index in [-0.39, 0.29) is 36.4 Å². The van der Waals surface area contributed by atoms with Gasteiger partial charge in [-0.1, -0.05) is 0 Å². The SMILES string of the molecule is NC(=O)c1cnc2[nH]ccc2c1NC1C[C@@H]2CC(C(=O)CO)C[C@H](C1)N2. The van der Waals surface area contributed by atoms with Gasteiger partial charge in [0.1, 0.15) is 12.3 Å². The van der Waals surface area contributed by atoms with Crippen LogP contribution in [0.1, 0.15) is 36.0 Å². The first-order valence-corrected chi connectivity index (χ1v) is 8.97. The quantitative estimate of drug-likeness (QED) is 0.530. The Morgan fingerprint density at radius 1 is 1.27 bits per heavy atom. The Morgan fingerprint density at radius 2 is 2.00 bits per heavy atom. The highest BCUT2D eigenvalue weighted by atomic mass is 16.3. The number of nitrogens with one attached hydrogen (secondary N) is 3. The van der Waals surface area contributed by atoms with Gasteiger partial charge in [0.2, 0.25) is 0 Å². The molecule has 4 heterocycles. The number of nitrogens with two attached hydrogens (primary N) is 1. The summed E-state index contributed by atoms with van der Waals surface area (Å²) in [6.45, 7) is -0.379. The molecule has 2 bridgehead atoms. The molecular formula is C18H23N5O3. The number of nitrogens with zero attached hydrogens (tertiary/aromatic N) is 1. The number of piperidine rings is 2. The van der Waals surface area contributed by atoms with Gasteiger partial charge >= 0.3 is 0 Å².